The van der Waals surface area contributed by atoms with E-state index in [1.807, 2.05) is 28.6 Å². The zero-order chi connectivity index (χ0) is 23.2. The van der Waals surface area contributed by atoms with E-state index >= 15 is 0 Å². The summed E-state index contributed by atoms with van der Waals surface area (Å²) in [5.41, 5.74) is 8.55. The summed E-state index contributed by atoms with van der Waals surface area (Å²) in [5, 5.41) is 2.95. The van der Waals surface area contributed by atoms with Crippen LogP contribution in [-0.2, 0) is 13.2 Å². The van der Waals surface area contributed by atoms with Crippen molar-refractivity contribution in [3.63, 3.8) is 0 Å². The molecule has 2 aromatic heterocycles. The number of aryl methyl sites for hydroxylation is 1. The fraction of sp³-hybridized carbons (Fsp3) is 0.476. The Hall–Kier alpha value is -3.11. The number of halogens is 4. The molecule has 172 valence electrons. The van der Waals surface area contributed by atoms with E-state index in [1.165, 1.54) is 0 Å². The third-order valence-electron chi connectivity index (χ3n) is 5.68. The Kier molecular flexibility index (Phi) is 5.59. The average Bonchev–Trinajstić information content (AvgIpc) is 3.02. The summed E-state index contributed by atoms with van der Waals surface area (Å²) in [6.07, 6.45) is -4.04. The van der Waals surface area contributed by atoms with Crippen molar-refractivity contribution in [1.29, 1.82) is 0 Å². The van der Waals surface area contributed by atoms with E-state index in [4.69, 9.17) is 5.73 Å². The van der Waals surface area contributed by atoms with Crippen LogP contribution in [0.5, 0.6) is 0 Å². The molecule has 0 unspecified atom stereocenters. The van der Waals surface area contributed by atoms with Gasteiger partial charge in [0.05, 0.1) is 23.1 Å². The van der Waals surface area contributed by atoms with Gasteiger partial charge in [-0.1, -0.05) is 13.8 Å². The standard InChI is InChI=1S/C21H25F4N7/c1-11(2)15-5-18-17(6-16(15)26)30-20(31(18)3)32-9-13(22)4-14(10-32)29-19-27-7-12(8-28-19)21(23,24)25/h5-8,11,13-14H,4,9-10,26H2,1-3H3,(H,27,28,29)/t13-,14-/m1/s1. The molecule has 32 heavy (non-hydrogen) atoms. The van der Waals surface area contributed by atoms with Gasteiger partial charge in [0.25, 0.3) is 0 Å². The smallest absolute Gasteiger partial charge is 0.398 e. The first-order chi connectivity index (χ1) is 15.0. The number of nitrogens with zero attached hydrogens (tertiary/aromatic N) is 5. The van der Waals surface area contributed by atoms with Gasteiger partial charge in [0.1, 0.15) is 6.17 Å². The Morgan fingerprint density at radius 1 is 1.16 bits per heavy atom. The Morgan fingerprint density at radius 3 is 2.47 bits per heavy atom. The second-order valence-corrected chi connectivity index (χ2v) is 8.47. The van der Waals surface area contributed by atoms with Gasteiger partial charge in [0, 0.05) is 44.1 Å². The second kappa shape index (κ2) is 8.10. The molecule has 4 rings (SSSR count). The summed E-state index contributed by atoms with van der Waals surface area (Å²) in [6.45, 7) is 4.68. The first-order valence-electron chi connectivity index (χ1n) is 10.3. The van der Waals surface area contributed by atoms with Crippen molar-refractivity contribution in [2.24, 2.45) is 7.05 Å². The molecule has 0 bridgehead atoms. The van der Waals surface area contributed by atoms with Crippen molar-refractivity contribution in [1.82, 2.24) is 19.5 Å². The van der Waals surface area contributed by atoms with E-state index in [0.717, 1.165) is 16.6 Å². The minimum atomic E-state index is -4.51. The molecule has 0 radical (unpaired) electrons. The number of benzene rings is 1. The summed E-state index contributed by atoms with van der Waals surface area (Å²) in [6, 6.07) is 3.44. The molecule has 11 heteroatoms. The summed E-state index contributed by atoms with van der Waals surface area (Å²) in [7, 11) is 1.87. The molecular formula is C21H25F4N7. The number of fused-ring (bicyclic) bond motifs is 1. The van der Waals surface area contributed by atoms with E-state index in [2.05, 4.69) is 34.1 Å². The minimum absolute atomic E-state index is 0.0244. The molecule has 1 aliphatic heterocycles. The van der Waals surface area contributed by atoms with Gasteiger partial charge in [0.15, 0.2) is 0 Å². The van der Waals surface area contributed by atoms with Gasteiger partial charge in [0.2, 0.25) is 11.9 Å². The van der Waals surface area contributed by atoms with E-state index in [-0.39, 0.29) is 24.8 Å². The number of aromatic nitrogens is 4. The molecule has 1 aliphatic rings. The highest BCUT2D eigenvalue weighted by atomic mass is 19.4. The van der Waals surface area contributed by atoms with Gasteiger partial charge in [-0.3, -0.25) is 0 Å². The molecule has 0 spiro atoms. The van der Waals surface area contributed by atoms with Crippen LogP contribution >= 0.6 is 0 Å². The van der Waals surface area contributed by atoms with E-state index in [9.17, 15) is 17.6 Å². The molecule has 1 fully saturated rings. The maximum absolute atomic E-state index is 14.6. The first kappa shape index (κ1) is 22.1. The maximum atomic E-state index is 14.6. The molecule has 2 atom stereocenters. The van der Waals surface area contributed by atoms with Gasteiger partial charge in [-0.15, -0.1) is 0 Å². The number of anilines is 3. The highest BCUT2D eigenvalue weighted by Gasteiger charge is 2.33. The van der Waals surface area contributed by atoms with Crippen molar-refractivity contribution < 1.29 is 17.6 Å². The number of hydrogen-bond donors (Lipinski definition) is 2. The molecule has 3 aromatic rings. The first-order valence-corrected chi connectivity index (χ1v) is 10.3. The van der Waals surface area contributed by atoms with Gasteiger partial charge in [-0.2, -0.15) is 13.2 Å². The monoisotopic (exact) mass is 451 g/mol. The van der Waals surface area contributed by atoms with Crippen molar-refractivity contribution in [2.45, 2.75) is 44.6 Å². The highest BCUT2D eigenvalue weighted by Crippen LogP contribution is 2.32. The molecule has 0 saturated carbocycles. The quantitative estimate of drug-likeness (QED) is 0.459. The minimum Gasteiger partial charge on any atom is -0.398 e. The third kappa shape index (κ3) is 4.28. The number of rotatable bonds is 4. The predicted octanol–water partition coefficient (Wildman–Crippen LogP) is 4.12. The largest absolute Gasteiger partial charge is 0.419 e. The molecule has 0 amide bonds. The van der Waals surface area contributed by atoms with Crippen molar-refractivity contribution >= 4 is 28.6 Å². The van der Waals surface area contributed by atoms with Crippen LogP contribution < -0.4 is 16.0 Å². The Bertz CT molecular complexity index is 1110. The Morgan fingerprint density at radius 2 is 1.84 bits per heavy atom. The average molecular weight is 451 g/mol. The van der Waals surface area contributed by atoms with Crippen molar-refractivity contribution in [3.8, 4) is 0 Å². The van der Waals surface area contributed by atoms with Crippen molar-refractivity contribution in [3.05, 3.63) is 35.7 Å². The third-order valence-corrected chi connectivity index (χ3v) is 5.68. The lowest BCUT2D eigenvalue weighted by Crippen LogP contribution is -2.48. The van der Waals surface area contributed by atoms with Gasteiger partial charge < -0.3 is 20.5 Å². The van der Waals surface area contributed by atoms with Crippen molar-refractivity contribution in [2.75, 3.05) is 29.0 Å². The molecule has 1 saturated heterocycles. The van der Waals surface area contributed by atoms with Crippen LogP contribution in [0.3, 0.4) is 0 Å². The zero-order valence-corrected chi connectivity index (χ0v) is 18.0. The lowest BCUT2D eigenvalue weighted by Gasteiger charge is -2.35. The SMILES string of the molecule is CC(C)c1cc2c(cc1N)nc(N1C[C@H](F)C[C@@H](Nc3ncc(C(F)(F)F)cn3)C1)n2C. The zero-order valence-electron chi connectivity index (χ0n) is 18.0. The maximum Gasteiger partial charge on any atom is 0.419 e. The molecular weight excluding hydrogens is 426 g/mol. The molecule has 3 N–H and O–H groups in total. The normalized spacial score (nSPS) is 19.7. The van der Waals surface area contributed by atoms with Crippen LogP contribution in [0, 0.1) is 0 Å². The molecule has 3 heterocycles. The van der Waals surface area contributed by atoms with E-state index < -0.39 is 24.0 Å². The van der Waals surface area contributed by atoms with Crippen LogP contribution in [0.15, 0.2) is 24.5 Å². The fourth-order valence-corrected chi connectivity index (χ4v) is 4.08. The van der Waals surface area contributed by atoms with E-state index in [1.54, 1.807) is 0 Å². The number of hydrogen-bond acceptors (Lipinski definition) is 6. The number of nitrogens with two attached hydrogens (primary N) is 1. The van der Waals surface area contributed by atoms with Gasteiger partial charge in [-0.25, -0.2) is 19.3 Å². The number of alkyl halides is 4. The number of nitrogen functional groups attached to an aromatic ring is 1. The highest BCUT2D eigenvalue weighted by molar-refractivity contribution is 5.84. The Labute approximate surface area is 182 Å². The van der Waals surface area contributed by atoms with Crippen LogP contribution in [0.4, 0.5) is 35.1 Å². The topological polar surface area (TPSA) is 84.9 Å². The lowest BCUT2D eigenvalue weighted by molar-refractivity contribution is -0.138. The van der Waals surface area contributed by atoms with Crippen LogP contribution in [0.2, 0.25) is 0 Å². The fourth-order valence-electron chi connectivity index (χ4n) is 4.08. The van der Waals surface area contributed by atoms with Crippen LogP contribution in [0.25, 0.3) is 11.0 Å². The Balaban J connectivity index is 1.57. The molecule has 1 aromatic carbocycles. The van der Waals surface area contributed by atoms with Gasteiger partial charge >= 0.3 is 6.18 Å². The summed E-state index contributed by atoms with van der Waals surface area (Å²) < 4.78 is 54.6. The van der Waals surface area contributed by atoms with Gasteiger partial charge in [-0.05, 0) is 23.6 Å². The predicted molar refractivity (Wildman–Crippen MR) is 115 cm³/mol. The number of piperidine rings is 1. The van der Waals surface area contributed by atoms with Crippen LogP contribution in [-0.4, -0.2) is 44.8 Å². The summed E-state index contributed by atoms with van der Waals surface area (Å²) >= 11 is 0. The summed E-state index contributed by atoms with van der Waals surface area (Å²) in [5.74, 6) is 0.875. The second-order valence-electron chi connectivity index (χ2n) is 8.47. The summed E-state index contributed by atoms with van der Waals surface area (Å²) in [4.78, 5) is 14.0. The number of nitrogens with one attached hydrogen (secondary N) is 1. The number of imidazole rings is 1. The molecule has 0 aliphatic carbocycles. The van der Waals surface area contributed by atoms with E-state index in [0.29, 0.717) is 30.6 Å². The molecule has 7 nitrogen and oxygen atoms in total. The van der Waals surface area contributed by atoms with Crippen LogP contribution in [0.1, 0.15) is 37.3 Å². The lowest BCUT2D eigenvalue weighted by atomic mass is 10.0.